The summed E-state index contributed by atoms with van der Waals surface area (Å²) in [6.45, 7) is 11.6. The summed E-state index contributed by atoms with van der Waals surface area (Å²) >= 11 is 1.29. The smallest absolute Gasteiger partial charge is 0.252 e. The molecule has 0 bridgehead atoms. The number of rotatable bonds is 9. The van der Waals surface area contributed by atoms with E-state index in [4.69, 9.17) is 4.74 Å². The molecule has 1 aliphatic rings. The minimum Gasteiger partial charge on any atom is -0.379 e. The Bertz CT molecular complexity index is 725. The van der Waals surface area contributed by atoms with Gasteiger partial charge in [-0.05, 0) is 44.7 Å². The lowest BCUT2D eigenvalue weighted by atomic mass is 10.0. The molecule has 0 radical (unpaired) electrons. The van der Waals surface area contributed by atoms with Crippen LogP contribution in [0.5, 0.6) is 0 Å². The van der Waals surface area contributed by atoms with Gasteiger partial charge in [0.1, 0.15) is 4.21 Å². The predicted octanol–water partition coefficient (Wildman–Crippen LogP) is 2.65. The van der Waals surface area contributed by atoms with E-state index in [-0.39, 0.29) is 0 Å². The molecule has 1 atom stereocenters. The number of guanidine groups is 1. The van der Waals surface area contributed by atoms with Crippen molar-refractivity contribution in [1.29, 1.82) is 0 Å². The van der Waals surface area contributed by atoms with Crippen LogP contribution in [0.4, 0.5) is 0 Å². The van der Waals surface area contributed by atoms with Crippen LogP contribution >= 0.6 is 11.3 Å². The van der Waals surface area contributed by atoms with Gasteiger partial charge in [0.15, 0.2) is 5.96 Å². The van der Waals surface area contributed by atoms with Crippen LogP contribution in [0.1, 0.15) is 45.4 Å². The quantitative estimate of drug-likeness (QED) is 0.465. The van der Waals surface area contributed by atoms with Crippen molar-refractivity contribution >= 4 is 27.3 Å². The molecular formula is C19H34N4O3S2. The van der Waals surface area contributed by atoms with E-state index in [2.05, 4.69) is 36.4 Å². The minimum atomic E-state index is -3.43. The van der Waals surface area contributed by atoms with Crippen molar-refractivity contribution in [2.24, 2.45) is 10.9 Å². The Hall–Kier alpha value is -1.16. The number of ether oxygens (including phenoxy) is 1. The van der Waals surface area contributed by atoms with Crippen LogP contribution in [0.2, 0.25) is 0 Å². The van der Waals surface area contributed by atoms with Crippen molar-refractivity contribution in [3.8, 4) is 0 Å². The van der Waals surface area contributed by atoms with E-state index in [1.165, 1.54) is 22.1 Å². The maximum absolute atomic E-state index is 12.7. The van der Waals surface area contributed by atoms with Crippen LogP contribution in [-0.2, 0) is 21.3 Å². The number of thiophene rings is 1. The summed E-state index contributed by atoms with van der Waals surface area (Å²) in [5.41, 5.74) is 0. The third-order valence-electron chi connectivity index (χ3n) is 4.50. The van der Waals surface area contributed by atoms with Gasteiger partial charge in [0, 0.05) is 30.6 Å². The van der Waals surface area contributed by atoms with Crippen LogP contribution in [0, 0.1) is 5.92 Å². The highest BCUT2D eigenvalue weighted by molar-refractivity contribution is 7.91. The number of nitrogens with zero attached hydrogens (tertiary/aromatic N) is 2. The third kappa shape index (κ3) is 7.02. The van der Waals surface area contributed by atoms with Crippen molar-refractivity contribution in [3.05, 3.63) is 17.0 Å². The first-order valence-electron chi connectivity index (χ1n) is 10.0. The molecule has 1 aromatic heterocycles. The standard InChI is InChI=1S/C19H34N4O3S2/c1-5-20-19(22-16(4)7-6-15(2)3)21-14-17-8-9-18(27-17)28(24,25)23-10-12-26-13-11-23/h8-9,15-16H,5-7,10-14H2,1-4H3,(H2,20,21,22). The van der Waals surface area contributed by atoms with Crippen molar-refractivity contribution in [1.82, 2.24) is 14.9 Å². The molecule has 1 saturated heterocycles. The molecule has 0 aromatic carbocycles. The molecule has 1 fully saturated rings. The molecule has 0 spiro atoms. The zero-order valence-electron chi connectivity index (χ0n) is 17.4. The fourth-order valence-corrected chi connectivity index (χ4v) is 5.70. The number of hydrogen-bond donors (Lipinski definition) is 2. The zero-order chi connectivity index (χ0) is 20.6. The number of aliphatic imine (C=N–C) groups is 1. The Labute approximate surface area is 173 Å². The molecule has 0 saturated carbocycles. The molecular weight excluding hydrogens is 396 g/mol. The fraction of sp³-hybridized carbons (Fsp3) is 0.737. The van der Waals surface area contributed by atoms with E-state index >= 15 is 0 Å². The van der Waals surface area contributed by atoms with Gasteiger partial charge in [-0.25, -0.2) is 13.4 Å². The SMILES string of the molecule is CCNC(=NCc1ccc(S(=O)(=O)N2CCOCC2)s1)NC(C)CCC(C)C. The van der Waals surface area contributed by atoms with Crippen LogP contribution < -0.4 is 10.6 Å². The van der Waals surface area contributed by atoms with E-state index in [9.17, 15) is 8.42 Å². The van der Waals surface area contributed by atoms with Crippen LogP contribution in [0.15, 0.2) is 21.3 Å². The predicted molar refractivity (Wildman–Crippen MR) is 115 cm³/mol. The number of sulfonamides is 1. The fourth-order valence-electron chi connectivity index (χ4n) is 2.86. The second-order valence-corrected chi connectivity index (χ2v) is 10.8. The van der Waals surface area contributed by atoms with Crippen LogP contribution in [0.25, 0.3) is 0 Å². The molecule has 2 heterocycles. The highest BCUT2D eigenvalue weighted by Gasteiger charge is 2.27. The lowest BCUT2D eigenvalue weighted by molar-refractivity contribution is 0.0731. The Kier molecular flexibility index (Phi) is 9.20. The van der Waals surface area contributed by atoms with Gasteiger partial charge in [-0.2, -0.15) is 4.31 Å². The van der Waals surface area contributed by atoms with Gasteiger partial charge in [0.2, 0.25) is 0 Å². The topological polar surface area (TPSA) is 83.0 Å². The van der Waals surface area contributed by atoms with Gasteiger partial charge < -0.3 is 15.4 Å². The summed E-state index contributed by atoms with van der Waals surface area (Å²) in [5.74, 6) is 1.45. The van der Waals surface area contributed by atoms with E-state index in [0.717, 1.165) is 23.8 Å². The first kappa shape index (κ1) is 23.1. The molecule has 2 rings (SSSR count). The average Bonchev–Trinajstić information content (AvgIpc) is 3.15. The van der Waals surface area contributed by atoms with Crippen molar-refractivity contribution in [3.63, 3.8) is 0 Å². The molecule has 1 aromatic rings. The minimum absolute atomic E-state index is 0.334. The molecule has 0 aliphatic carbocycles. The second kappa shape index (κ2) is 11.1. The summed E-state index contributed by atoms with van der Waals surface area (Å²) in [7, 11) is -3.43. The molecule has 160 valence electrons. The Morgan fingerprint density at radius 3 is 2.61 bits per heavy atom. The van der Waals surface area contributed by atoms with Gasteiger partial charge in [0.05, 0.1) is 19.8 Å². The Balaban J connectivity index is 1.99. The van der Waals surface area contributed by atoms with E-state index in [1.807, 2.05) is 13.0 Å². The van der Waals surface area contributed by atoms with Gasteiger partial charge >= 0.3 is 0 Å². The second-order valence-electron chi connectivity index (χ2n) is 7.45. The highest BCUT2D eigenvalue weighted by Crippen LogP contribution is 2.26. The lowest BCUT2D eigenvalue weighted by Crippen LogP contribution is -2.42. The van der Waals surface area contributed by atoms with Gasteiger partial charge in [-0.3, -0.25) is 0 Å². The van der Waals surface area contributed by atoms with Crippen LogP contribution in [0.3, 0.4) is 0 Å². The lowest BCUT2D eigenvalue weighted by Gasteiger charge is -2.25. The highest BCUT2D eigenvalue weighted by atomic mass is 32.2. The van der Waals surface area contributed by atoms with Crippen molar-refractivity contribution in [2.75, 3.05) is 32.8 Å². The molecule has 1 unspecified atom stereocenters. The van der Waals surface area contributed by atoms with E-state index in [0.29, 0.717) is 49.0 Å². The summed E-state index contributed by atoms with van der Waals surface area (Å²) in [6, 6.07) is 3.87. The molecule has 7 nitrogen and oxygen atoms in total. The van der Waals surface area contributed by atoms with E-state index in [1.54, 1.807) is 6.07 Å². The van der Waals surface area contributed by atoms with Crippen LogP contribution in [-0.4, -0.2) is 57.6 Å². The summed E-state index contributed by atoms with van der Waals surface area (Å²) < 4.78 is 32.6. The Morgan fingerprint density at radius 2 is 1.96 bits per heavy atom. The molecule has 9 heteroatoms. The van der Waals surface area contributed by atoms with Gasteiger partial charge in [0.25, 0.3) is 10.0 Å². The molecule has 0 amide bonds. The zero-order valence-corrected chi connectivity index (χ0v) is 19.0. The van der Waals surface area contributed by atoms with E-state index < -0.39 is 10.0 Å². The maximum Gasteiger partial charge on any atom is 0.252 e. The normalized spacial score (nSPS) is 17.7. The maximum atomic E-state index is 12.7. The number of hydrogen-bond acceptors (Lipinski definition) is 5. The monoisotopic (exact) mass is 430 g/mol. The summed E-state index contributed by atoms with van der Waals surface area (Å²) in [6.07, 6.45) is 2.25. The average molecular weight is 431 g/mol. The van der Waals surface area contributed by atoms with Crippen molar-refractivity contribution < 1.29 is 13.2 Å². The first-order valence-corrected chi connectivity index (χ1v) is 12.3. The number of morpholine rings is 1. The molecule has 28 heavy (non-hydrogen) atoms. The summed E-state index contributed by atoms with van der Waals surface area (Å²) in [4.78, 5) is 5.56. The van der Waals surface area contributed by atoms with Crippen molar-refractivity contribution in [2.45, 2.75) is 57.3 Å². The Morgan fingerprint density at radius 1 is 1.25 bits per heavy atom. The largest absolute Gasteiger partial charge is 0.379 e. The first-order chi connectivity index (χ1) is 13.3. The number of nitrogens with one attached hydrogen (secondary N) is 2. The third-order valence-corrected chi connectivity index (χ3v) is 7.93. The molecule has 2 N–H and O–H groups in total. The summed E-state index contributed by atoms with van der Waals surface area (Å²) in [5, 5.41) is 6.70. The van der Waals surface area contributed by atoms with Gasteiger partial charge in [-0.15, -0.1) is 11.3 Å². The molecule has 1 aliphatic heterocycles. The van der Waals surface area contributed by atoms with Gasteiger partial charge in [-0.1, -0.05) is 13.8 Å².